The van der Waals surface area contributed by atoms with E-state index in [0.29, 0.717) is 11.4 Å². The largest absolute Gasteiger partial charge is 0.489 e. The molecule has 2 nitrogen and oxygen atoms in total. The second kappa shape index (κ2) is 4.73. The monoisotopic (exact) mass is 223 g/mol. The molecule has 0 N–H and O–H groups in total. The van der Waals surface area contributed by atoms with Crippen LogP contribution in [0.1, 0.15) is 26.7 Å². The number of ether oxygens (including phenoxy) is 1. The third-order valence-corrected chi connectivity index (χ3v) is 2.73. The highest BCUT2D eigenvalue weighted by Gasteiger charge is 2.20. The zero-order valence-electron chi connectivity index (χ0n) is 9.87. The topological polar surface area (TPSA) is 12.5 Å². The minimum Gasteiger partial charge on any atom is -0.489 e. The highest BCUT2D eigenvalue weighted by molar-refractivity contribution is 5.60. The van der Waals surface area contributed by atoms with Gasteiger partial charge in [-0.1, -0.05) is 6.07 Å². The predicted molar refractivity (Wildman–Crippen MR) is 63.6 cm³/mol. The molecule has 16 heavy (non-hydrogen) atoms. The van der Waals surface area contributed by atoms with Gasteiger partial charge in [-0.15, -0.1) is 0 Å². The molecule has 1 heterocycles. The summed E-state index contributed by atoms with van der Waals surface area (Å²) in [6.07, 6.45) is 2.34. The molecule has 1 aromatic carbocycles. The van der Waals surface area contributed by atoms with Gasteiger partial charge in [0.2, 0.25) is 0 Å². The van der Waals surface area contributed by atoms with E-state index in [1.807, 2.05) is 19.9 Å². The van der Waals surface area contributed by atoms with E-state index in [2.05, 4.69) is 4.90 Å². The molecule has 0 spiro atoms. The van der Waals surface area contributed by atoms with E-state index < -0.39 is 0 Å². The molecule has 0 atom stereocenters. The Morgan fingerprint density at radius 2 is 1.94 bits per heavy atom. The molecule has 1 aliphatic heterocycles. The van der Waals surface area contributed by atoms with Crippen molar-refractivity contribution in [1.82, 2.24) is 0 Å². The molecule has 1 fully saturated rings. The summed E-state index contributed by atoms with van der Waals surface area (Å²) < 4.78 is 19.5. The lowest BCUT2D eigenvalue weighted by Crippen LogP contribution is -2.21. The van der Waals surface area contributed by atoms with Gasteiger partial charge in [0.05, 0.1) is 6.10 Å². The minimum absolute atomic E-state index is 0.0724. The summed E-state index contributed by atoms with van der Waals surface area (Å²) in [6.45, 7) is 5.77. The van der Waals surface area contributed by atoms with Crippen LogP contribution < -0.4 is 9.64 Å². The standard InChI is InChI=1S/C13H18FNO/c1-10(2)16-12-7-5-6-11(14)13(12)15-8-3-4-9-15/h5-7,10H,3-4,8-9H2,1-2H3. The Balaban J connectivity index is 2.31. The van der Waals surface area contributed by atoms with Crippen LogP contribution in [0.25, 0.3) is 0 Å². The van der Waals surface area contributed by atoms with E-state index >= 15 is 0 Å². The van der Waals surface area contributed by atoms with Crippen molar-refractivity contribution >= 4 is 5.69 Å². The van der Waals surface area contributed by atoms with Crippen LogP contribution in [0.15, 0.2) is 18.2 Å². The number of hydrogen-bond donors (Lipinski definition) is 0. The maximum Gasteiger partial charge on any atom is 0.150 e. The summed E-state index contributed by atoms with van der Waals surface area (Å²) in [4.78, 5) is 2.08. The Bertz CT molecular complexity index is 359. The number of halogens is 1. The van der Waals surface area contributed by atoms with Crippen molar-refractivity contribution in [3.63, 3.8) is 0 Å². The summed E-state index contributed by atoms with van der Waals surface area (Å²) in [5.41, 5.74) is 0.633. The van der Waals surface area contributed by atoms with Crippen LogP contribution in [0.2, 0.25) is 0 Å². The highest BCUT2D eigenvalue weighted by atomic mass is 19.1. The maximum atomic E-state index is 13.8. The van der Waals surface area contributed by atoms with Crippen molar-refractivity contribution in [3.8, 4) is 5.75 Å². The Labute approximate surface area is 96.0 Å². The van der Waals surface area contributed by atoms with Crippen molar-refractivity contribution in [2.75, 3.05) is 18.0 Å². The molecule has 0 saturated carbocycles. The van der Waals surface area contributed by atoms with Gasteiger partial charge in [0.1, 0.15) is 17.3 Å². The van der Waals surface area contributed by atoms with Gasteiger partial charge >= 0.3 is 0 Å². The number of nitrogens with zero attached hydrogens (tertiary/aromatic N) is 1. The Hall–Kier alpha value is -1.25. The summed E-state index contributed by atoms with van der Waals surface area (Å²) in [5, 5.41) is 0. The average Bonchev–Trinajstić information content (AvgIpc) is 2.69. The van der Waals surface area contributed by atoms with Crippen LogP contribution in [0.5, 0.6) is 5.75 Å². The first kappa shape index (κ1) is 11.2. The van der Waals surface area contributed by atoms with E-state index in [4.69, 9.17) is 4.74 Å². The van der Waals surface area contributed by atoms with Crippen molar-refractivity contribution < 1.29 is 9.13 Å². The van der Waals surface area contributed by atoms with Crippen LogP contribution in [-0.2, 0) is 0 Å². The van der Waals surface area contributed by atoms with Gasteiger partial charge in [0.25, 0.3) is 0 Å². The fourth-order valence-electron chi connectivity index (χ4n) is 2.09. The second-order valence-electron chi connectivity index (χ2n) is 4.45. The van der Waals surface area contributed by atoms with Crippen molar-refractivity contribution in [1.29, 1.82) is 0 Å². The third-order valence-electron chi connectivity index (χ3n) is 2.73. The minimum atomic E-state index is -0.181. The molecule has 2 rings (SSSR count). The summed E-state index contributed by atoms with van der Waals surface area (Å²) in [5.74, 6) is 0.483. The average molecular weight is 223 g/mol. The van der Waals surface area contributed by atoms with Crippen LogP contribution in [0.4, 0.5) is 10.1 Å². The van der Waals surface area contributed by atoms with Crippen LogP contribution in [-0.4, -0.2) is 19.2 Å². The van der Waals surface area contributed by atoms with Crippen LogP contribution >= 0.6 is 0 Å². The number of benzene rings is 1. The number of para-hydroxylation sites is 1. The SMILES string of the molecule is CC(C)Oc1cccc(F)c1N1CCCC1. The van der Waals surface area contributed by atoms with Gasteiger partial charge in [-0.25, -0.2) is 4.39 Å². The van der Waals surface area contributed by atoms with Crippen molar-refractivity contribution in [2.24, 2.45) is 0 Å². The zero-order chi connectivity index (χ0) is 11.5. The molecule has 0 radical (unpaired) electrons. The molecule has 1 aromatic rings. The maximum absolute atomic E-state index is 13.8. The van der Waals surface area contributed by atoms with E-state index in [1.165, 1.54) is 6.07 Å². The molecule has 88 valence electrons. The fraction of sp³-hybridized carbons (Fsp3) is 0.538. The lowest BCUT2D eigenvalue weighted by atomic mass is 10.2. The number of anilines is 1. The lowest BCUT2D eigenvalue weighted by Gasteiger charge is -2.23. The van der Waals surface area contributed by atoms with E-state index in [0.717, 1.165) is 25.9 Å². The fourth-order valence-corrected chi connectivity index (χ4v) is 2.09. The van der Waals surface area contributed by atoms with Gasteiger partial charge in [-0.3, -0.25) is 0 Å². The molecule has 0 unspecified atom stereocenters. The molecule has 0 aromatic heterocycles. The smallest absolute Gasteiger partial charge is 0.150 e. The lowest BCUT2D eigenvalue weighted by molar-refractivity contribution is 0.242. The molecule has 3 heteroatoms. The number of rotatable bonds is 3. The van der Waals surface area contributed by atoms with E-state index in [-0.39, 0.29) is 11.9 Å². The number of hydrogen-bond acceptors (Lipinski definition) is 2. The van der Waals surface area contributed by atoms with Crippen LogP contribution in [0.3, 0.4) is 0 Å². The first-order valence-corrected chi connectivity index (χ1v) is 5.88. The van der Waals surface area contributed by atoms with Crippen LogP contribution in [0, 0.1) is 5.82 Å². The van der Waals surface area contributed by atoms with Crippen molar-refractivity contribution in [3.05, 3.63) is 24.0 Å². The normalized spacial score (nSPS) is 15.9. The molecular formula is C13H18FNO. The highest BCUT2D eigenvalue weighted by Crippen LogP contribution is 2.34. The third kappa shape index (κ3) is 2.29. The Morgan fingerprint density at radius 3 is 2.56 bits per heavy atom. The van der Waals surface area contributed by atoms with E-state index in [9.17, 15) is 4.39 Å². The predicted octanol–water partition coefficient (Wildman–Crippen LogP) is 3.21. The second-order valence-corrected chi connectivity index (χ2v) is 4.45. The Morgan fingerprint density at radius 1 is 1.25 bits per heavy atom. The van der Waals surface area contributed by atoms with Gasteiger partial charge in [-0.05, 0) is 38.8 Å². The Kier molecular flexibility index (Phi) is 3.32. The van der Waals surface area contributed by atoms with Crippen molar-refractivity contribution in [2.45, 2.75) is 32.8 Å². The van der Waals surface area contributed by atoms with E-state index in [1.54, 1.807) is 6.07 Å². The first-order chi connectivity index (χ1) is 7.68. The van der Waals surface area contributed by atoms with Gasteiger partial charge < -0.3 is 9.64 Å². The summed E-state index contributed by atoms with van der Waals surface area (Å²) in [6, 6.07) is 5.05. The van der Waals surface area contributed by atoms with Gasteiger partial charge in [-0.2, -0.15) is 0 Å². The molecule has 0 bridgehead atoms. The quantitative estimate of drug-likeness (QED) is 0.780. The first-order valence-electron chi connectivity index (χ1n) is 5.88. The molecule has 0 aliphatic carbocycles. The molecule has 1 aliphatic rings. The molecular weight excluding hydrogens is 205 g/mol. The molecule has 0 amide bonds. The summed E-state index contributed by atoms with van der Waals surface area (Å²) in [7, 11) is 0. The zero-order valence-corrected chi connectivity index (χ0v) is 9.87. The summed E-state index contributed by atoms with van der Waals surface area (Å²) >= 11 is 0. The van der Waals surface area contributed by atoms with Gasteiger partial charge in [0, 0.05) is 13.1 Å². The molecule has 1 saturated heterocycles. The van der Waals surface area contributed by atoms with Gasteiger partial charge in [0.15, 0.2) is 0 Å².